The van der Waals surface area contributed by atoms with Crippen LogP contribution in [-0.4, -0.2) is 9.55 Å². The number of benzene rings is 1. The first-order valence-corrected chi connectivity index (χ1v) is 6.36. The third kappa shape index (κ3) is 1.70. The van der Waals surface area contributed by atoms with Crippen molar-refractivity contribution in [2.75, 3.05) is 5.73 Å². The minimum Gasteiger partial charge on any atom is -0.397 e. The summed E-state index contributed by atoms with van der Waals surface area (Å²) in [5.41, 5.74) is 12.3. The average molecular weight is 251 g/mol. The molecule has 0 atom stereocenters. The van der Waals surface area contributed by atoms with Crippen LogP contribution in [0.4, 0.5) is 5.69 Å². The van der Waals surface area contributed by atoms with Gasteiger partial charge < -0.3 is 10.3 Å². The molecule has 0 aliphatic heterocycles. The molecule has 3 rings (SSSR count). The molecule has 0 amide bonds. The number of fused-ring (bicyclic) bond motifs is 1. The summed E-state index contributed by atoms with van der Waals surface area (Å²) in [4.78, 5) is 4.48. The molecule has 19 heavy (non-hydrogen) atoms. The second-order valence-corrected chi connectivity index (χ2v) is 4.97. The fourth-order valence-electron chi connectivity index (χ4n) is 2.65. The van der Waals surface area contributed by atoms with Gasteiger partial charge in [-0.3, -0.25) is 4.98 Å². The predicted octanol–water partition coefficient (Wildman–Crippen LogP) is 3.44. The molecule has 3 nitrogen and oxygen atoms in total. The Kier molecular flexibility index (Phi) is 2.56. The van der Waals surface area contributed by atoms with E-state index in [2.05, 4.69) is 48.6 Å². The van der Waals surface area contributed by atoms with Crippen LogP contribution < -0.4 is 5.73 Å². The van der Waals surface area contributed by atoms with E-state index in [0.29, 0.717) is 5.69 Å². The molecule has 0 saturated carbocycles. The van der Waals surface area contributed by atoms with Gasteiger partial charge in [-0.05, 0) is 37.6 Å². The van der Waals surface area contributed by atoms with Crippen LogP contribution in [0.25, 0.3) is 22.2 Å². The van der Waals surface area contributed by atoms with E-state index in [-0.39, 0.29) is 0 Å². The summed E-state index contributed by atoms with van der Waals surface area (Å²) in [7, 11) is 2.10. The standard InChI is InChI=1S/C16H17N3/c1-10-5-4-6-14-15(10)16(11(2)19(14)3)13-8-7-12(17)9-18-13/h4-9H,17H2,1-3H3. The summed E-state index contributed by atoms with van der Waals surface area (Å²) in [6, 6.07) is 10.3. The number of aromatic nitrogens is 2. The number of nitrogens with zero attached hydrogens (tertiary/aromatic N) is 2. The Balaban J connectivity index is 2.40. The van der Waals surface area contributed by atoms with Crippen molar-refractivity contribution in [2.24, 2.45) is 7.05 Å². The van der Waals surface area contributed by atoms with Crippen molar-refractivity contribution in [2.45, 2.75) is 13.8 Å². The SMILES string of the molecule is Cc1cccc2c1c(-c1ccc(N)cn1)c(C)n2C. The van der Waals surface area contributed by atoms with Crippen LogP contribution in [0.5, 0.6) is 0 Å². The zero-order valence-electron chi connectivity index (χ0n) is 11.4. The number of anilines is 1. The van der Waals surface area contributed by atoms with Gasteiger partial charge in [0, 0.05) is 29.2 Å². The Morgan fingerprint density at radius 2 is 1.89 bits per heavy atom. The van der Waals surface area contributed by atoms with Gasteiger partial charge in [-0.25, -0.2) is 0 Å². The molecule has 96 valence electrons. The molecule has 0 aliphatic carbocycles. The molecule has 0 bridgehead atoms. The Morgan fingerprint density at radius 1 is 1.11 bits per heavy atom. The van der Waals surface area contributed by atoms with Crippen molar-refractivity contribution < 1.29 is 0 Å². The highest BCUT2D eigenvalue weighted by molar-refractivity contribution is 5.99. The van der Waals surface area contributed by atoms with Gasteiger partial charge >= 0.3 is 0 Å². The monoisotopic (exact) mass is 251 g/mol. The molecule has 2 aromatic heterocycles. The molecular formula is C16H17N3. The molecule has 1 aromatic carbocycles. The van der Waals surface area contributed by atoms with Crippen molar-refractivity contribution in [3.05, 3.63) is 47.8 Å². The van der Waals surface area contributed by atoms with Gasteiger partial charge in [0.15, 0.2) is 0 Å². The maximum atomic E-state index is 5.72. The lowest BCUT2D eigenvalue weighted by molar-refractivity contribution is 0.918. The van der Waals surface area contributed by atoms with Crippen LogP contribution in [0.2, 0.25) is 0 Å². The minimum absolute atomic E-state index is 0.693. The molecule has 3 aromatic rings. The second kappa shape index (κ2) is 4.12. The number of hydrogen-bond donors (Lipinski definition) is 1. The van der Waals surface area contributed by atoms with Gasteiger partial charge in [0.2, 0.25) is 0 Å². The molecule has 3 heteroatoms. The van der Waals surface area contributed by atoms with Crippen molar-refractivity contribution in [1.82, 2.24) is 9.55 Å². The molecular weight excluding hydrogens is 234 g/mol. The smallest absolute Gasteiger partial charge is 0.0728 e. The predicted molar refractivity (Wildman–Crippen MR) is 80.0 cm³/mol. The second-order valence-electron chi connectivity index (χ2n) is 4.97. The first-order valence-electron chi connectivity index (χ1n) is 6.36. The molecule has 0 saturated heterocycles. The van der Waals surface area contributed by atoms with Crippen LogP contribution >= 0.6 is 0 Å². The van der Waals surface area contributed by atoms with Gasteiger partial charge in [-0.15, -0.1) is 0 Å². The van der Waals surface area contributed by atoms with Crippen LogP contribution in [0, 0.1) is 13.8 Å². The first-order chi connectivity index (χ1) is 9.09. The Hall–Kier alpha value is -2.29. The number of nitrogen functional groups attached to an aromatic ring is 1. The number of rotatable bonds is 1. The van der Waals surface area contributed by atoms with E-state index in [4.69, 9.17) is 5.73 Å². The van der Waals surface area contributed by atoms with Crippen molar-refractivity contribution in [1.29, 1.82) is 0 Å². The molecule has 0 unspecified atom stereocenters. The Bertz CT molecular complexity index is 752. The zero-order valence-corrected chi connectivity index (χ0v) is 11.4. The fourth-order valence-corrected chi connectivity index (χ4v) is 2.65. The van der Waals surface area contributed by atoms with Crippen LogP contribution in [0.3, 0.4) is 0 Å². The Labute approximate surface area is 112 Å². The zero-order chi connectivity index (χ0) is 13.6. The number of aryl methyl sites for hydroxylation is 2. The maximum Gasteiger partial charge on any atom is 0.0728 e. The third-order valence-corrected chi connectivity index (χ3v) is 3.77. The van der Waals surface area contributed by atoms with Gasteiger partial charge in [0.05, 0.1) is 17.6 Å². The highest BCUT2D eigenvalue weighted by Crippen LogP contribution is 2.34. The van der Waals surface area contributed by atoms with E-state index < -0.39 is 0 Å². The lowest BCUT2D eigenvalue weighted by Gasteiger charge is -2.03. The summed E-state index contributed by atoms with van der Waals surface area (Å²) in [5, 5.41) is 1.28. The van der Waals surface area contributed by atoms with Gasteiger partial charge in [-0.1, -0.05) is 12.1 Å². The van der Waals surface area contributed by atoms with Crippen molar-refractivity contribution >= 4 is 16.6 Å². The van der Waals surface area contributed by atoms with E-state index in [1.807, 2.05) is 12.1 Å². The highest BCUT2D eigenvalue weighted by Gasteiger charge is 2.15. The Morgan fingerprint density at radius 3 is 2.58 bits per heavy atom. The maximum absolute atomic E-state index is 5.72. The number of pyridine rings is 1. The van der Waals surface area contributed by atoms with E-state index in [0.717, 1.165) is 5.69 Å². The third-order valence-electron chi connectivity index (χ3n) is 3.77. The molecule has 0 spiro atoms. The summed E-state index contributed by atoms with van der Waals surface area (Å²) in [6.45, 7) is 4.27. The van der Waals surface area contributed by atoms with Crippen LogP contribution in [0.1, 0.15) is 11.3 Å². The quantitative estimate of drug-likeness (QED) is 0.720. The molecule has 0 aliphatic rings. The van der Waals surface area contributed by atoms with Crippen LogP contribution in [-0.2, 0) is 7.05 Å². The van der Waals surface area contributed by atoms with E-state index in [1.165, 1.54) is 27.7 Å². The van der Waals surface area contributed by atoms with Gasteiger partial charge in [-0.2, -0.15) is 0 Å². The summed E-state index contributed by atoms with van der Waals surface area (Å²) in [5.74, 6) is 0. The van der Waals surface area contributed by atoms with Crippen LogP contribution in [0.15, 0.2) is 36.5 Å². The average Bonchev–Trinajstić information content (AvgIpc) is 2.66. The van der Waals surface area contributed by atoms with Crippen molar-refractivity contribution in [3.63, 3.8) is 0 Å². The van der Waals surface area contributed by atoms with Gasteiger partial charge in [0.1, 0.15) is 0 Å². The van der Waals surface area contributed by atoms with E-state index in [9.17, 15) is 0 Å². The van der Waals surface area contributed by atoms with Gasteiger partial charge in [0.25, 0.3) is 0 Å². The number of hydrogen-bond acceptors (Lipinski definition) is 2. The fraction of sp³-hybridized carbons (Fsp3) is 0.188. The van der Waals surface area contributed by atoms with Crippen molar-refractivity contribution in [3.8, 4) is 11.3 Å². The minimum atomic E-state index is 0.693. The van der Waals surface area contributed by atoms with E-state index in [1.54, 1.807) is 6.20 Å². The summed E-state index contributed by atoms with van der Waals surface area (Å²) >= 11 is 0. The highest BCUT2D eigenvalue weighted by atomic mass is 14.9. The molecule has 2 heterocycles. The summed E-state index contributed by atoms with van der Waals surface area (Å²) < 4.78 is 2.22. The normalized spacial score (nSPS) is 11.1. The first kappa shape index (κ1) is 11.8. The number of nitrogens with two attached hydrogens (primary N) is 1. The molecule has 0 fully saturated rings. The molecule has 0 radical (unpaired) electrons. The topological polar surface area (TPSA) is 43.8 Å². The lowest BCUT2D eigenvalue weighted by Crippen LogP contribution is -1.92. The lowest BCUT2D eigenvalue weighted by atomic mass is 10.0. The van der Waals surface area contributed by atoms with E-state index >= 15 is 0 Å². The molecule has 2 N–H and O–H groups in total. The largest absolute Gasteiger partial charge is 0.397 e. The summed E-state index contributed by atoms with van der Waals surface area (Å²) in [6.07, 6.45) is 1.71.